The number of carboxylic acid groups (broad SMARTS) is 1. The Morgan fingerprint density at radius 2 is 1.84 bits per heavy atom. The molecule has 2 aromatic carbocycles. The van der Waals surface area contributed by atoms with Crippen molar-refractivity contribution in [1.82, 2.24) is 0 Å². The van der Waals surface area contributed by atoms with Crippen molar-refractivity contribution in [1.29, 1.82) is 0 Å². The highest BCUT2D eigenvalue weighted by molar-refractivity contribution is 5.76. The third-order valence-electron chi connectivity index (χ3n) is 2.99. The summed E-state index contributed by atoms with van der Waals surface area (Å²) in [6.45, 7) is 0. The summed E-state index contributed by atoms with van der Waals surface area (Å²) in [6, 6.07) is 13.4. The maximum absolute atomic E-state index is 11.4. The number of aromatic hydroxyl groups is 1. The quantitative estimate of drug-likeness (QED) is 0.734. The van der Waals surface area contributed by atoms with Crippen LogP contribution in [-0.2, 0) is 11.2 Å². The van der Waals surface area contributed by atoms with Gasteiger partial charge in [0.15, 0.2) is 0 Å². The summed E-state index contributed by atoms with van der Waals surface area (Å²) in [4.78, 5) is 11.4. The van der Waals surface area contributed by atoms with Crippen LogP contribution in [0.5, 0.6) is 5.75 Å². The molecule has 0 aliphatic heterocycles. The lowest BCUT2D eigenvalue weighted by Gasteiger charge is -2.13. The highest BCUT2D eigenvalue weighted by Gasteiger charge is 2.20. The van der Waals surface area contributed by atoms with Crippen LogP contribution in [0, 0.1) is 0 Å². The van der Waals surface area contributed by atoms with Gasteiger partial charge in [-0.05, 0) is 41.8 Å². The van der Waals surface area contributed by atoms with E-state index < -0.39 is 11.9 Å². The minimum absolute atomic E-state index is 0.138. The number of carboxylic acids is 1. The molecule has 0 fully saturated rings. The van der Waals surface area contributed by atoms with E-state index in [0.717, 1.165) is 5.56 Å². The molecule has 0 spiro atoms. The number of nitrogens with two attached hydrogens (primary N) is 1. The van der Waals surface area contributed by atoms with Crippen LogP contribution in [0.4, 0.5) is 5.69 Å². The molecule has 0 aromatic heterocycles. The van der Waals surface area contributed by atoms with E-state index in [1.165, 1.54) is 0 Å². The molecule has 4 heteroatoms. The van der Waals surface area contributed by atoms with Gasteiger partial charge in [-0.2, -0.15) is 0 Å². The van der Waals surface area contributed by atoms with E-state index in [9.17, 15) is 15.0 Å². The molecular weight excluding hydrogens is 242 g/mol. The van der Waals surface area contributed by atoms with E-state index in [1.54, 1.807) is 48.5 Å². The van der Waals surface area contributed by atoms with Gasteiger partial charge in [-0.3, -0.25) is 4.79 Å². The molecule has 19 heavy (non-hydrogen) atoms. The number of phenols is 1. The van der Waals surface area contributed by atoms with Gasteiger partial charge in [0.05, 0.1) is 5.92 Å². The Morgan fingerprint density at radius 3 is 2.42 bits per heavy atom. The molecule has 0 saturated heterocycles. The second kappa shape index (κ2) is 5.44. The van der Waals surface area contributed by atoms with Crippen molar-refractivity contribution < 1.29 is 15.0 Å². The van der Waals surface area contributed by atoms with E-state index >= 15 is 0 Å². The van der Waals surface area contributed by atoms with Gasteiger partial charge < -0.3 is 15.9 Å². The lowest BCUT2D eigenvalue weighted by Crippen LogP contribution is -2.14. The third kappa shape index (κ3) is 3.25. The van der Waals surface area contributed by atoms with Gasteiger partial charge >= 0.3 is 5.97 Å². The standard InChI is InChI=1S/C15H15NO3/c16-12-6-4-11(5-7-12)14(15(18)19)9-10-2-1-3-13(17)8-10/h1-8,14,17H,9,16H2,(H,18,19)/t14-/m1/s1. The van der Waals surface area contributed by atoms with Crippen molar-refractivity contribution in [3.8, 4) is 5.75 Å². The molecule has 1 atom stereocenters. The maximum Gasteiger partial charge on any atom is 0.311 e. The zero-order chi connectivity index (χ0) is 13.8. The molecule has 0 bridgehead atoms. The lowest BCUT2D eigenvalue weighted by atomic mass is 9.92. The van der Waals surface area contributed by atoms with Crippen LogP contribution in [0.2, 0.25) is 0 Å². The highest BCUT2D eigenvalue weighted by atomic mass is 16.4. The van der Waals surface area contributed by atoms with Crippen molar-refractivity contribution in [2.24, 2.45) is 0 Å². The molecular formula is C15H15NO3. The van der Waals surface area contributed by atoms with Gasteiger partial charge in [0.1, 0.15) is 5.75 Å². The maximum atomic E-state index is 11.4. The van der Waals surface area contributed by atoms with E-state index in [4.69, 9.17) is 5.73 Å². The average Bonchev–Trinajstić information content (AvgIpc) is 2.37. The lowest BCUT2D eigenvalue weighted by molar-refractivity contribution is -0.138. The van der Waals surface area contributed by atoms with Gasteiger partial charge in [0, 0.05) is 5.69 Å². The van der Waals surface area contributed by atoms with Crippen molar-refractivity contribution in [2.75, 3.05) is 5.73 Å². The average molecular weight is 257 g/mol. The summed E-state index contributed by atoms with van der Waals surface area (Å²) in [7, 11) is 0. The minimum atomic E-state index is -0.895. The first-order valence-electron chi connectivity index (χ1n) is 5.92. The Kier molecular flexibility index (Phi) is 3.71. The monoisotopic (exact) mass is 257 g/mol. The second-order valence-electron chi connectivity index (χ2n) is 4.43. The number of anilines is 1. The second-order valence-corrected chi connectivity index (χ2v) is 4.43. The number of aliphatic carboxylic acids is 1. The minimum Gasteiger partial charge on any atom is -0.508 e. The summed E-state index contributed by atoms with van der Waals surface area (Å²) < 4.78 is 0. The van der Waals surface area contributed by atoms with Gasteiger partial charge in [0.2, 0.25) is 0 Å². The number of hydrogen-bond donors (Lipinski definition) is 3. The van der Waals surface area contributed by atoms with Crippen molar-refractivity contribution in [3.05, 3.63) is 59.7 Å². The zero-order valence-electron chi connectivity index (χ0n) is 10.3. The van der Waals surface area contributed by atoms with Crippen molar-refractivity contribution in [3.63, 3.8) is 0 Å². The summed E-state index contributed by atoms with van der Waals surface area (Å²) in [5.41, 5.74) is 7.68. The molecule has 0 amide bonds. The Balaban J connectivity index is 2.26. The molecule has 2 rings (SSSR count). The Hall–Kier alpha value is -2.49. The number of benzene rings is 2. The molecule has 4 nitrogen and oxygen atoms in total. The highest BCUT2D eigenvalue weighted by Crippen LogP contribution is 2.24. The van der Waals surface area contributed by atoms with E-state index in [1.807, 2.05) is 0 Å². The number of hydrogen-bond acceptors (Lipinski definition) is 3. The van der Waals surface area contributed by atoms with Crippen LogP contribution < -0.4 is 5.73 Å². The predicted molar refractivity (Wildman–Crippen MR) is 73.0 cm³/mol. The molecule has 0 aliphatic carbocycles. The van der Waals surface area contributed by atoms with E-state index in [0.29, 0.717) is 17.7 Å². The predicted octanol–water partition coefficient (Wildman–Crippen LogP) is 2.39. The third-order valence-corrected chi connectivity index (χ3v) is 2.99. The summed E-state index contributed by atoms with van der Waals surface area (Å²) >= 11 is 0. The molecule has 0 aliphatic rings. The fourth-order valence-electron chi connectivity index (χ4n) is 2.00. The number of carbonyl (C=O) groups is 1. The van der Waals surface area contributed by atoms with Crippen LogP contribution in [-0.4, -0.2) is 16.2 Å². The molecule has 0 unspecified atom stereocenters. The first-order chi connectivity index (χ1) is 9.06. The van der Waals surface area contributed by atoms with Crippen LogP contribution >= 0.6 is 0 Å². The largest absolute Gasteiger partial charge is 0.508 e. The van der Waals surface area contributed by atoms with Gasteiger partial charge in [-0.25, -0.2) is 0 Å². The van der Waals surface area contributed by atoms with Crippen LogP contribution in [0.3, 0.4) is 0 Å². The Labute approximate surface area is 111 Å². The summed E-state index contributed by atoms with van der Waals surface area (Å²) in [5.74, 6) is -1.41. The van der Waals surface area contributed by atoms with Crippen LogP contribution in [0.15, 0.2) is 48.5 Å². The van der Waals surface area contributed by atoms with E-state index in [2.05, 4.69) is 0 Å². The Bertz CT molecular complexity index is 578. The van der Waals surface area contributed by atoms with Crippen LogP contribution in [0.25, 0.3) is 0 Å². The fourth-order valence-corrected chi connectivity index (χ4v) is 2.00. The van der Waals surface area contributed by atoms with E-state index in [-0.39, 0.29) is 5.75 Å². The Morgan fingerprint density at radius 1 is 1.16 bits per heavy atom. The summed E-state index contributed by atoms with van der Waals surface area (Å²) in [5, 5.41) is 18.7. The fraction of sp³-hybridized carbons (Fsp3) is 0.133. The smallest absolute Gasteiger partial charge is 0.311 e. The molecule has 0 saturated carbocycles. The SMILES string of the molecule is Nc1ccc([C@@H](Cc2cccc(O)c2)C(=O)O)cc1. The van der Waals surface area contributed by atoms with Gasteiger partial charge in [-0.15, -0.1) is 0 Å². The normalized spacial score (nSPS) is 12.0. The molecule has 0 heterocycles. The zero-order valence-corrected chi connectivity index (χ0v) is 10.3. The number of phenolic OH excluding ortho intramolecular Hbond substituents is 1. The van der Waals surface area contributed by atoms with Crippen molar-refractivity contribution in [2.45, 2.75) is 12.3 Å². The van der Waals surface area contributed by atoms with Gasteiger partial charge in [0.25, 0.3) is 0 Å². The summed E-state index contributed by atoms with van der Waals surface area (Å²) in [6.07, 6.45) is 0.327. The first kappa shape index (κ1) is 13.0. The number of nitrogen functional groups attached to an aromatic ring is 1. The molecule has 0 radical (unpaired) electrons. The molecule has 98 valence electrons. The first-order valence-corrected chi connectivity index (χ1v) is 5.92. The van der Waals surface area contributed by atoms with Crippen molar-refractivity contribution >= 4 is 11.7 Å². The van der Waals surface area contributed by atoms with Crippen LogP contribution in [0.1, 0.15) is 17.0 Å². The number of rotatable bonds is 4. The topological polar surface area (TPSA) is 83.5 Å². The molecule has 4 N–H and O–H groups in total. The molecule has 2 aromatic rings. The van der Waals surface area contributed by atoms with Gasteiger partial charge in [-0.1, -0.05) is 24.3 Å².